The van der Waals surface area contributed by atoms with Crippen molar-refractivity contribution in [2.75, 3.05) is 19.6 Å². The molecule has 3 nitrogen and oxygen atoms in total. The molecule has 0 amide bonds. The molecule has 148 valence electrons. The third kappa shape index (κ3) is 3.46. The van der Waals surface area contributed by atoms with Crippen LogP contribution in [0.5, 0.6) is 0 Å². The summed E-state index contributed by atoms with van der Waals surface area (Å²) in [5.74, 6) is 0.644. The predicted molar refractivity (Wildman–Crippen MR) is 114 cm³/mol. The summed E-state index contributed by atoms with van der Waals surface area (Å²) in [6.07, 6.45) is 3.75. The number of pyridine rings is 1. The van der Waals surface area contributed by atoms with E-state index >= 15 is 0 Å². The maximum absolute atomic E-state index is 14.6. The molecule has 3 aromatic rings. The molecule has 1 aliphatic rings. The van der Waals surface area contributed by atoms with Crippen molar-refractivity contribution in [2.24, 2.45) is 0 Å². The van der Waals surface area contributed by atoms with Gasteiger partial charge in [0.2, 0.25) is 0 Å². The number of likely N-dealkylation sites (tertiary alicyclic amines) is 1. The predicted octanol–water partition coefficient (Wildman–Crippen LogP) is 6.00. The van der Waals surface area contributed by atoms with Crippen LogP contribution in [-0.2, 0) is 0 Å². The van der Waals surface area contributed by atoms with Crippen LogP contribution in [0.25, 0.3) is 22.2 Å². The van der Waals surface area contributed by atoms with Crippen LogP contribution >= 0.6 is 0 Å². The van der Waals surface area contributed by atoms with E-state index in [1.54, 1.807) is 0 Å². The number of halogens is 1. The minimum Gasteiger partial charge on any atom is -0.354 e. The van der Waals surface area contributed by atoms with Crippen LogP contribution in [0.4, 0.5) is 4.39 Å². The van der Waals surface area contributed by atoms with Gasteiger partial charge in [-0.1, -0.05) is 26.8 Å². The SMILES string of the molecule is CCN1CCC(c2ccc3[nH]c(-c4cc(C)ncc4F)c(C(C)C)c3c2)CC1. The summed E-state index contributed by atoms with van der Waals surface area (Å²) < 4.78 is 14.6. The number of H-pyrrole nitrogens is 1. The molecule has 0 saturated carbocycles. The van der Waals surface area contributed by atoms with Crippen molar-refractivity contribution in [3.8, 4) is 11.3 Å². The van der Waals surface area contributed by atoms with E-state index in [0.717, 1.165) is 23.4 Å². The van der Waals surface area contributed by atoms with E-state index in [0.29, 0.717) is 17.4 Å². The summed E-state index contributed by atoms with van der Waals surface area (Å²) >= 11 is 0. The van der Waals surface area contributed by atoms with Crippen LogP contribution in [0.2, 0.25) is 0 Å². The zero-order valence-corrected chi connectivity index (χ0v) is 17.3. The van der Waals surface area contributed by atoms with Gasteiger partial charge < -0.3 is 9.88 Å². The minimum atomic E-state index is -0.272. The highest BCUT2D eigenvalue weighted by Gasteiger charge is 2.23. The van der Waals surface area contributed by atoms with Crippen LogP contribution in [0, 0.1) is 12.7 Å². The summed E-state index contributed by atoms with van der Waals surface area (Å²) in [5, 5.41) is 1.23. The second-order valence-electron chi connectivity index (χ2n) is 8.39. The van der Waals surface area contributed by atoms with E-state index < -0.39 is 0 Å². The van der Waals surface area contributed by atoms with Gasteiger partial charge in [-0.25, -0.2) is 4.39 Å². The third-order valence-corrected chi connectivity index (χ3v) is 6.21. The normalized spacial score (nSPS) is 16.4. The van der Waals surface area contributed by atoms with Crippen molar-refractivity contribution in [1.29, 1.82) is 0 Å². The summed E-state index contributed by atoms with van der Waals surface area (Å²) in [4.78, 5) is 10.1. The van der Waals surface area contributed by atoms with E-state index in [4.69, 9.17) is 0 Å². The van der Waals surface area contributed by atoms with Crippen LogP contribution in [-0.4, -0.2) is 34.5 Å². The molecule has 1 saturated heterocycles. The lowest BCUT2D eigenvalue weighted by atomic mass is 9.87. The molecule has 1 fully saturated rings. The lowest BCUT2D eigenvalue weighted by molar-refractivity contribution is 0.222. The molecule has 0 unspecified atom stereocenters. The van der Waals surface area contributed by atoms with Crippen LogP contribution in [0.3, 0.4) is 0 Å². The quantitative estimate of drug-likeness (QED) is 0.603. The van der Waals surface area contributed by atoms with Gasteiger partial charge in [0.1, 0.15) is 0 Å². The molecule has 0 bridgehead atoms. The van der Waals surface area contributed by atoms with Crippen molar-refractivity contribution in [3.05, 3.63) is 53.1 Å². The summed E-state index contributed by atoms with van der Waals surface area (Å²) in [6, 6.07) is 8.63. The van der Waals surface area contributed by atoms with Gasteiger partial charge in [-0.2, -0.15) is 0 Å². The zero-order valence-electron chi connectivity index (χ0n) is 17.3. The van der Waals surface area contributed by atoms with Crippen LogP contribution < -0.4 is 0 Å². The Bertz CT molecular complexity index is 981. The number of aryl methyl sites for hydroxylation is 1. The lowest BCUT2D eigenvalue weighted by Gasteiger charge is -2.31. The highest BCUT2D eigenvalue weighted by molar-refractivity contribution is 5.92. The molecule has 3 heterocycles. The smallest absolute Gasteiger partial charge is 0.150 e. The summed E-state index contributed by atoms with van der Waals surface area (Å²) in [6.45, 7) is 12.0. The van der Waals surface area contributed by atoms with Gasteiger partial charge in [-0.05, 0) is 80.6 Å². The zero-order chi connectivity index (χ0) is 19.8. The summed E-state index contributed by atoms with van der Waals surface area (Å²) in [5.41, 5.74) is 6.04. The fourth-order valence-corrected chi connectivity index (χ4v) is 4.61. The molecule has 4 rings (SSSR count). The van der Waals surface area contributed by atoms with Crippen molar-refractivity contribution < 1.29 is 4.39 Å². The lowest BCUT2D eigenvalue weighted by Crippen LogP contribution is -2.32. The highest BCUT2D eigenvalue weighted by atomic mass is 19.1. The Morgan fingerprint density at radius 2 is 1.96 bits per heavy atom. The molecule has 0 radical (unpaired) electrons. The van der Waals surface area contributed by atoms with Crippen LogP contribution in [0.15, 0.2) is 30.5 Å². The van der Waals surface area contributed by atoms with Gasteiger partial charge in [-0.3, -0.25) is 4.98 Å². The fraction of sp³-hybridized carbons (Fsp3) is 0.458. The summed E-state index contributed by atoms with van der Waals surface area (Å²) in [7, 11) is 0. The van der Waals surface area contributed by atoms with Gasteiger partial charge in [-0.15, -0.1) is 0 Å². The van der Waals surface area contributed by atoms with E-state index in [1.807, 2.05) is 13.0 Å². The van der Waals surface area contributed by atoms with E-state index in [9.17, 15) is 4.39 Å². The number of aromatic nitrogens is 2. The first-order valence-corrected chi connectivity index (χ1v) is 10.5. The maximum Gasteiger partial charge on any atom is 0.150 e. The number of hydrogen-bond acceptors (Lipinski definition) is 2. The number of hydrogen-bond donors (Lipinski definition) is 1. The number of nitrogens with zero attached hydrogens (tertiary/aromatic N) is 2. The molecule has 1 aliphatic heterocycles. The fourth-order valence-electron chi connectivity index (χ4n) is 4.61. The molecule has 0 atom stereocenters. The molecule has 0 spiro atoms. The van der Waals surface area contributed by atoms with E-state index in [1.165, 1.54) is 48.6 Å². The molecule has 2 aromatic heterocycles. The maximum atomic E-state index is 14.6. The monoisotopic (exact) mass is 379 g/mol. The van der Waals surface area contributed by atoms with Crippen molar-refractivity contribution >= 4 is 10.9 Å². The largest absolute Gasteiger partial charge is 0.354 e. The van der Waals surface area contributed by atoms with E-state index in [2.05, 4.69) is 53.8 Å². The van der Waals surface area contributed by atoms with Gasteiger partial charge in [0, 0.05) is 22.2 Å². The Labute approximate surface area is 167 Å². The van der Waals surface area contributed by atoms with Gasteiger partial charge in [0.25, 0.3) is 0 Å². The number of fused-ring (bicyclic) bond motifs is 1. The first-order chi connectivity index (χ1) is 13.5. The number of rotatable bonds is 4. The second kappa shape index (κ2) is 7.67. The third-order valence-electron chi connectivity index (χ3n) is 6.21. The topological polar surface area (TPSA) is 31.9 Å². The van der Waals surface area contributed by atoms with Crippen LogP contribution in [0.1, 0.15) is 62.3 Å². The number of benzene rings is 1. The standard InChI is InChI=1S/C24H30FN3/c1-5-28-10-8-17(9-11-28)18-6-7-22-20(13-18)23(15(2)3)24(27-22)19-12-16(4)26-14-21(19)25/h6-7,12-15,17,27H,5,8-11H2,1-4H3. The number of nitrogens with one attached hydrogen (secondary N) is 1. The molecule has 4 heteroatoms. The van der Waals surface area contributed by atoms with Gasteiger partial charge in [0.05, 0.1) is 11.9 Å². The molecule has 1 aromatic carbocycles. The number of piperidine rings is 1. The first kappa shape index (κ1) is 19.1. The van der Waals surface area contributed by atoms with Gasteiger partial charge in [0.15, 0.2) is 5.82 Å². The number of aromatic amines is 1. The molecule has 0 aliphatic carbocycles. The highest BCUT2D eigenvalue weighted by Crippen LogP contribution is 2.39. The van der Waals surface area contributed by atoms with Crippen molar-refractivity contribution in [2.45, 2.75) is 52.4 Å². The Morgan fingerprint density at radius 1 is 1.21 bits per heavy atom. The van der Waals surface area contributed by atoms with Crippen molar-refractivity contribution in [3.63, 3.8) is 0 Å². The Kier molecular flexibility index (Phi) is 5.24. The molecular formula is C24H30FN3. The molecular weight excluding hydrogens is 349 g/mol. The van der Waals surface area contributed by atoms with Crippen molar-refractivity contribution in [1.82, 2.24) is 14.9 Å². The average Bonchev–Trinajstić information content (AvgIpc) is 3.08. The average molecular weight is 380 g/mol. The first-order valence-electron chi connectivity index (χ1n) is 10.5. The minimum absolute atomic E-state index is 0.272. The molecule has 28 heavy (non-hydrogen) atoms. The molecule has 1 N–H and O–H groups in total. The Hall–Kier alpha value is -2.20. The second-order valence-corrected chi connectivity index (χ2v) is 8.39. The Morgan fingerprint density at radius 3 is 2.64 bits per heavy atom. The Balaban J connectivity index is 1.79. The van der Waals surface area contributed by atoms with E-state index in [-0.39, 0.29) is 5.82 Å². The van der Waals surface area contributed by atoms with Gasteiger partial charge >= 0.3 is 0 Å².